The van der Waals surface area contributed by atoms with Crippen molar-refractivity contribution < 1.29 is 19.0 Å². The fraction of sp³-hybridized carbons (Fsp3) is 0.462. The van der Waals surface area contributed by atoms with Gasteiger partial charge in [-0.15, -0.1) is 0 Å². The largest absolute Gasteiger partial charge is 0.469 e. The van der Waals surface area contributed by atoms with Crippen LogP contribution >= 0.6 is 0 Å². The van der Waals surface area contributed by atoms with Gasteiger partial charge in [-0.25, -0.2) is 0 Å². The van der Waals surface area contributed by atoms with Crippen molar-refractivity contribution in [2.24, 2.45) is 0 Å². The van der Waals surface area contributed by atoms with Crippen LogP contribution < -0.4 is 9.47 Å². The molecule has 1 aromatic carbocycles. The Morgan fingerprint density at radius 1 is 1.41 bits per heavy atom. The lowest BCUT2D eigenvalue weighted by molar-refractivity contribution is -0.142. The van der Waals surface area contributed by atoms with Gasteiger partial charge in [0.25, 0.3) is 0 Å². The second-order valence-electron chi connectivity index (χ2n) is 4.34. The van der Waals surface area contributed by atoms with Gasteiger partial charge >= 0.3 is 5.97 Å². The Morgan fingerprint density at radius 2 is 2.29 bits per heavy atom. The zero-order chi connectivity index (χ0) is 11.8. The SMILES string of the molecule is COC(=O)C1CCCc2c1ccc1c2OCO1. The highest BCUT2D eigenvalue weighted by Crippen LogP contribution is 2.44. The maximum absolute atomic E-state index is 11.7. The molecule has 1 heterocycles. The van der Waals surface area contributed by atoms with Gasteiger partial charge in [-0.05, 0) is 30.9 Å². The molecule has 4 nitrogen and oxygen atoms in total. The van der Waals surface area contributed by atoms with Crippen molar-refractivity contribution in [1.82, 2.24) is 0 Å². The first-order valence-corrected chi connectivity index (χ1v) is 5.80. The molecule has 0 saturated carbocycles. The van der Waals surface area contributed by atoms with E-state index in [9.17, 15) is 4.79 Å². The maximum atomic E-state index is 11.7. The van der Waals surface area contributed by atoms with Gasteiger partial charge in [0.05, 0.1) is 13.0 Å². The Morgan fingerprint density at radius 3 is 3.12 bits per heavy atom. The van der Waals surface area contributed by atoms with E-state index in [4.69, 9.17) is 14.2 Å². The van der Waals surface area contributed by atoms with Crippen LogP contribution in [0.25, 0.3) is 0 Å². The monoisotopic (exact) mass is 234 g/mol. The molecule has 0 fully saturated rings. The van der Waals surface area contributed by atoms with E-state index >= 15 is 0 Å². The van der Waals surface area contributed by atoms with Crippen molar-refractivity contribution in [1.29, 1.82) is 0 Å². The summed E-state index contributed by atoms with van der Waals surface area (Å²) >= 11 is 0. The minimum absolute atomic E-state index is 0.154. The molecule has 2 aliphatic rings. The first-order chi connectivity index (χ1) is 8.31. The lowest BCUT2D eigenvalue weighted by Crippen LogP contribution is -2.19. The first-order valence-electron chi connectivity index (χ1n) is 5.80. The van der Waals surface area contributed by atoms with Crippen LogP contribution in [-0.2, 0) is 16.0 Å². The molecule has 1 aliphatic carbocycles. The van der Waals surface area contributed by atoms with E-state index < -0.39 is 0 Å². The minimum atomic E-state index is -0.162. The molecule has 90 valence electrons. The lowest BCUT2D eigenvalue weighted by Gasteiger charge is -2.24. The van der Waals surface area contributed by atoms with Gasteiger partial charge in [0.15, 0.2) is 11.5 Å². The molecule has 4 heteroatoms. The summed E-state index contributed by atoms with van der Waals surface area (Å²) in [6.45, 7) is 0.272. The molecule has 0 radical (unpaired) electrons. The van der Waals surface area contributed by atoms with Crippen LogP contribution in [0.15, 0.2) is 12.1 Å². The van der Waals surface area contributed by atoms with Crippen LogP contribution in [-0.4, -0.2) is 19.9 Å². The molecule has 0 saturated heterocycles. The molecule has 3 rings (SSSR count). The van der Waals surface area contributed by atoms with E-state index in [-0.39, 0.29) is 18.7 Å². The predicted molar refractivity (Wildman–Crippen MR) is 60.3 cm³/mol. The van der Waals surface area contributed by atoms with E-state index in [1.54, 1.807) is 0 Å². The van der Waals surface area contributed by atoms with Crippen LogP contribution in [0.3, 0.4) is 0 Å². The number of benzene rings is 1. The third-order valence-electron chi connectivity index (χ3n) is 3.46. The van der Waals surface area contributed by atoms with E-state index in [1.165, 1.54) is 7.11 Å². The van der Waals surface area contributed by atoms with Crippen LogP contribution in [0.5, 0.6) is 11.5 Å². The van der Waals surface area contributed by atoms with Crippen LogP contribution in [0.2, 0.25) is 0 Å². The summed E-state index contributed by atoms with van der Waals surface area (Å²) in [6, 6.07) is 3.84. The molecule has 1 aromatic rings. The van der Waals surface area contributed by atoms with Gasteiger partial charge in [-0.3, -0.25) is 4.79 Å². The first kappa shape index (κ1) is 10.4. The highest BCUT2D eigenvalue weighted by molar-refractivity contribution is 5.79. The van der Waals surface area contributed by atoms with E-state index in [1.807, 2.05) is 12.1 Å². The van der Waals surface area contributed by atoms with Gasteiger partial charge in [-0.1, -0.05) is 6.07 Å². The second kappa shape index (κ2) is 3.95. The third kappa shape index (κ3) is 1.55. The Kier molecular flexibility index (Phi) is 2.42. The average Bonchev–Trinajstić information content (AvgIpc) is 2.85. The molecule has 0 bridgehead atoms. The fourth-order valence-electron chi connectivity index (χ4n) is 2.66. The van der Waals surface area contributed by atoms with E-state index in [2.05, 4.69) is 0 Å². The zero-order valence-electron chi connectivity index (χ0n) is 9.69. The van der Waals surface area contributed by atoms with Crippen molar-refractivity contribution in [3.63, 3.8) is 0 Å². The van der Waals surface area contributed by atoms with Crippen LogP contribution in [0.4, 0.5) is 0 Å². The summed E-state index contributed by atoms with van der Waals surface area (Å²) in [4.78, 5) is 11.7. The lowest BCUT2D eigenvalue weighted by atomic mass is 9.82. The summed E-state index contributed by atoms with van der Waals surface area (Å²) in [7, 11) is 1.43. The Bertz CT molecular complexity index is 467. The number of carbonyl (C=O) groups is 1. The number of ether oxygens (including phenoxy) is 3. The highest BCUT2D eigenvalue weighted by Gasteiger charge is 2.31. The number of hydrogen-bond acceptors (Lipinski definition) is 4. The average molecular weight is 234 g/mol. The molecular formula is C13H14O4. The fourth-order valence-corrected chi connectivity index (χ4v) is 2.66. The van der Waals surface area contributed by atoms with Crippen LogP contribution in [0.1, 0.15) is 29.9 Å². The molecule has 0 amide bonds. The van der Waals surface area contributed by atoms with E-state index in [0.29, 0.717) is 0 Å². The van der Waals surface area contributed by atoms with Gasteiger partial charge in [-0.2, -0.15) is 0 Å². The quantitative estimate of drug-likeness (QED) is 0.697. The summed E-state index contributed by atoms with van der Waals surface area (Å²) in [5, 5.41) is 0. The van der Waals surface area contributed by atoms with Crippen molar-refractivity contribution in [2.45, 2.75) is 25.2 Å². The van der Waals surface area contributed by atoms with Gasteiger partial charge < -0.3 is 14.2 Å². The van der Waals surface area contributed by atoms with E-state index in [0.717, 1.165) is 41.9 Å². The second-order valence-corrected chi connectivity index (χ2v) is 4.34. The maximum Gasteiger partial charge on any atom is 0.313 e. The summed E-state index contributed by atoms with van der Waals surface area (Å²) in [6.07, 6.45) is 2.77. The Hall–Kier alpha value is -1.71. The number of rotatable bonds is 1. The van der Waals surface area contributed by atoms with Gasteiger partial charge in [0.2, 0.25) is 6.79 Å². The Labute approximate surface area is 99.5 Å². The van der Waals surface area contributed by atoms with Crippen molar-refractivity contribution >= 4 is 5.97 Å². The van der Waals surface area contributed by atoms with Crippen molar-refractivity contribution in [3.8, 4) is 11.5 Å². The smallest absolute Gasteiger partial charge is 0.313 e. The molecule has 17 heavy (non-hydrogen) atoms. The normalized spacial score (nSPS) is 20.9. The summed E-state index contributed by atoms with van der Waals surface area (Å²) in [5.41, 5.74) is 2.15. The molecule has 0 N–H and O–H groups in total. The topological polar surface area (TPSA) is 44.8 Å². The predicted octanol–water partition coefficient (Wildman–Crippen LogP) is 2.01. The molecule has 1 aliphatic heterocycles. The van der Waals surface area contributed by atoms with Gasteiger partial charge in [0, 0.05) is 5.56 Å². The third-order valence-corrected chi connectivity index (χ3v) is 3.46. The highest BCUT2D eigenvalue weighted by atomic mass is 16.7. The molecule has 0 spiro atoms. The molecule has 1 unspecified atom stereocenters. The zero-order valence-corrected chi connectivity index (χ0v) is 9.69. The van der Waals surface area contributed by atoms with Gasteiger partial charge in [0.1, 0.15) is 0 Å². The minimum Gasteiger partial charge on any atom is -0.469 e. The summed E-state index contributed by atoms with van der Waals surface area (Å²) in [5.74, 6) is 1.29. The number of hydrogen-bond donors (Lipinski definition) is 0. The standard InChI is InChI=1S/C13H14O4/c1-15-13(14)10-4-2-3-9-8(10)5-6-11-12(9)17-7-16-11/h5-6,10H,2-4,7H2,1H3. The van der Waals surface area contributed by atoms with Crippen LogP contribution in [0, 0.1) is 0 Å². The number of esters is 1. The Balaban J connectivity index is 2.07. The van der Waals surface area contributed by atoms with Crippen molar-refractivity contribution in [2.75, 3.05) is 13.9 Å². The molecule has 1 atom stereocenters. The molecule has 0 aromatic heterocycles. The summed E-state index contributed by atoms with van der Waals surface area (Å²) < 4.78 is 15.7. The number of methoxy groups -OCH3 is 1. The number of fused-ring (bicyclic) bond motifs is 3. The van der Waals surface area contributed by atoms with Crippen molar-refractivity contribution in [3.05, 3.63) is 23.3 Å². The number of carbonyl (C=O) groups excluding carboxylic acids is 1. The molecular weight excluding hydrogens is 220 g/mol.